The van der Waals surface area contributed by atoms with Gasteiger partial charge in [0.25, 0.3) is 0 Å². The van der Waals surface area contributed by atoms with E-state index in [1.807, 2.05) is 13.8 Å². The minimum atomic E-state index is -0.972. The van der Waals surface area contributed by atoms with Crippen molar-refractivity contribution in [3.05, 3.63) is 15.8 Å². The van der Waals surface area contributed by atoms with Crippen molar-refractivity contribution in [3.63, 3.8) is 0 Å². The number of nitrogens with zero attached hydrogens (tertiary/aromatic N) is 3. The Hall–Kier alpha value is -1.96. The largest absolute Gasteiger partial charge is 0.388 e. The average molecular weight is 297 g/mol. The lowest BCUT2D eigenvalue weighted by atomic mass is 9.94. The van der Waals surface area contributed by atoms with Crippen LogP contribution in [0, 0.1) is 23.0 Å². The summed E-state index contributed by atoms with van der Waals surface area (Å²) in [6.45, 7) is 7.43. The molecular formula is C13H23N5O3. The minimum absolute atomic E-state index is 0.112. The Balaban J connectivity index is 3.01. The highest BCUT2D eigenvalue weighted by atomic mass is 16.6. The summed E-state index contributed by atoms with van der Waals surface area (Å²) >= 11 is 0. The van der Waals surface area contributed by atoms with E-state index in [0.29, 0.717) is 18.3 Å². The standard InChI is InChI=1S/C13H23N5O3/c1-8(2)6-13(4,19)7-15-11-10(18(20)21)9(3)16-12(14-5)17-11/h8,19H,6-7H2,1-5H3,(H2,14,15,16,17). The zero-order valence-electron chi connectivity index (χ0n) is 13.1. The number of hydrogen-bond acceptors (Lipinski definition) is 7. The predicted molar refractivity (Wildman–Crippen MR) is 81.5 cm³/mol. The van der Waals surface area contributed by atoms with Crippen LogP contribution >= 0.6 is 0 Å². The number of hydrogen-bond donors (Lipinski definition) is 3. The molecule has 0 aromatic carbocycles. The second-order valence-corrected chi connectivity index (χ2v) is 5.79. The van der Waals surface area contributed by atoms with Gasteiger partial charge in [-0.05, 0) is 26.2 Å². The molecule has 0 saturated carbocycles. The molecule has 8 heteroatoms. The summed E-state index contributed by atoms with van der Waals surface area (Å²) in [5.74, 6) is 0.724. The van der Waals surface area contributed by atoms with Gasteiger partial charge in [0.2, 0.25) is 11.8 Å². The van der Waals surface area contributed by atoms with Crippen LogP contribution in [0.1, 0.15) is 32.9 Å². The number of nitrogens with one attached hydrogen (secondary N) is 2. The molecule has 1 atom stereocenters. The van der Waals surface area contributed by atoms with Gasteiger partial charge in [-0.3, -0.25) is 10.1 Å². The Morgan fingerprint density at radius 2 is 2.05 bits per heavy atom. The summed E-state index contributed by atoms with van der Waals surface area (Å²) in [6.07, 6.45) is 0.580. The highest BCUT2D eigenvalue weighted by molar-refractivity contribution is 5.60. The van der Waals surface area contributed by atoms with E-state index >= 15 is 0 Å². The molecule has 0 radical (unpaired) electrons. The van der Waals surface area contributed by atoms with Gasteiger partial charge in [-0.25, -0.2) is 4.98 Å². The van der Waals surface area contributed by atoms with Gasteiger partial charge in [-0.15, -0.1) is 0 Å². The summed E-state index contributed by atoms with van der Waals surface area (Å²) < 4.78 is 0. The molecule has 3 N–H and O–H groups in total. The van der Waals surface area contributed by atoms with Crippen LogP contribution in [0.15, 0.2) is 0 Å². The van der Waals surface area contributed by atoms with Gasteiger partial charge in [-0.2, -0.15) is 4.98 Å². The normalized spacial score (nSPS) is 13.9. The summed E-state index contributed by atoms with van der Waals surface area (Å²) in [5.41, 5.74) is -0.875. The molecule has 1 aromatic rings. The highest BCUT2D eigenvalue weighted by Crippen LogP contribution is 2.27. The molecule has 0 spiro atoms. The molecule has 1 rings (SSSR count). The van der Waals surface area contributed by atoms with E-state index in [0.717, 1.165) is 0 Å². The van der Waals surface area contributed by atoms with Crippen LogP contribution in [0.4, 0.5) is 17.5 Å². The van der Waals surface area contributed by atoms with E-state index in [4.69, 9.17) is 0 Å². The fourth-order valence-corrected chi connectivity index (χ4v) is 2.25. The van der Waals surface area contributed by atoms with Gasteiger partial charge in [0.1, 0.15) is 5.69 Å². The van der Waals surface area contributed by atoms with Gasteiger partial charge >= 0.3 is 5.69 Å². The third-order valence-electron chi connectivity index (χ3n) is 2.95. The zero-order chi connectivity index (χ0) is 16.2. The SMILES string of the molecule is CNc1nc(C)c([N+](=O)[O-])c(NCC(C)(O)CC(C)C)n1. The fourth-order valence-electron chi connectivity index (χ4n) is 2.25. The monoisotopic (exact) mass is 297 g/mol. The number of aryl methyl sites for hydroxylation is 1. The van der Waals surface area contributed by atoms with Crippen LogP contribution < -0.4 is 10.6 Å². The third-order valence-corrected chi connectivity index (χ3v) is 2.95. The summed E-state index contributed by atoms with van der Waals surface area (Å²) in [6, 6.07) is 0. The Labute approximate surface area is 124 Å². The van der Waals surface area contributed by atoms with Crippen molar-refractivity contribution in [2.24, 2.45) is 5.92 Å². The number of nitro groups is 1. The van der Waals surface area contributed by atoms with Crippen LogP contribution in [0.3, 0.4) is 0 Å². The molecule has 0 saturated heterocycles. The van der Waals surface area contributed by atoms with E-state index in [-0.39, 0.29) is 23.7 Å². The maximum atomic E-state index is 11.1. The molecule has 21 heavy (non-hydrogen) atoms. The molecule has 8 nitrogen and oxygen atoms in total. The first-order chi connectivity index (χ1) is 9.66. The van der Waals surface area contributed by atoms with Crippen molar-refractivity contribution < 1.29 is 10.0 Å². The summed E-state index contributed by atoms with van der Waals surface area (Å²) in [4.78, 5) is 18.7. The fraction of sp³-hybridized carbons (Fsp3) is 0.692. The van der Waals surface area contributed by atoms with Crippen molar-refractivity contribution in [3.8, 4) is 0 Å². The molecular weight excluding hydrogens is 274 g/mol. The number of anilines is 2. The van der Waals surface area contributed by atoms with Gasteiger partial charge in [0.15, 0.2) is 0 Å². The summed E-state index contributed by atoms with van der Waals surface area (Å²) in [7, 11) is 1.64. The lowest BCUT2D eigenvalue weighted by molar-refractivity contribution is -0.385. The minimum Gasteiger partial charge on any atom is -0.388 e. The topological polar surface area (TPSA) is 113 Å². The van der Waals surface area contributed by atoms with E-state index in [1.54, 1.807) is 20.9 Å². The lowest BCUT2D eigenvalue weighted by Gasteiger charge is -2.25. The van der Waals surface area contributed by atoms with Crippen LogP contribution in [-0.2, 0) is 0 Å². The quantitative estimate of drug-likeness (QED) is 0.520. The molecule has 0 aliphatic carbocycles. The van der Waals surface area contributed by atoms with E-state index in [1.165, 1.54) is 0 Å². The number of aromatic nitrogens is 2. The van der Waals surface area contributed by atoms with Crippen LogP contribution in [-0.4, -0.2) is 39.2 Å². The second-order valence-electron chi connectivity index (χ2n) is 5.79. The lowest BCUT2D eigenvalue weighted by Crippen LogP contribution is -2.35. The third kappa shape index (κ3) is 4.82. The van der Waals surface area contributed by atoms with Crippen LogP contribution in [0.5, 0.6) is 0 Å². The second kappa shape index (κ2) is 6.66. The van der Waals surface area contributed by atoms with E-state index in [2.05, 4.69) is 20.6 Å². The molecule has 0 fully saturated rings. The van der Waals surface area contributed by atoms with Crippen molar-refractivity contribution >= 4 is 17.5 Å². The zero-order valence-corrected chi connectivity index (χ0v) is 13.1. The number of aliphatic hydroxyl groups is 1. The Bertz CT molecular complexity index is 517. The molecule has 118 valence electrons. The highest BCUT2D eigenvalue weighted by Gasteiger charge is 2.26. The Morgan fingerprint density at radius 3 is 2.52 bits per heavy atom. The molecule has 0 aliphatic heterocycles. The average Bonchev–Trinajstić information content (AvgIpc) is 2.33. The smallest absolute Gasteiger partial charge is 0.332 e. The van der Waals surface area contributed by atoms with Crippen molar-refractivity contribution in [1.82, 2.24) is 9.97 Å². The van der Waals surface area contributed by atoms with Crippen molar-refractivity contribution in [1.29, 1.82) is 0 Å². The molecule has 1 unspecified atom stereocenters. The molecule has 0 amide bonds. The first-order valence-corrected chi connectivity index (χ1v) is 6.83. The maximum Gasteiger partial charge on any atom is 0.332 e. The Kier molecular flexibility index (Phi) is 5.42. The molecule has 0 bridgehead atoms. The van der Waals surface area contributed by atoms with Crippen molar-refractivity contribution in [2.75, 3.05) is 24.2 Å². The molecule has 0 aliphatic rings. The molecule has 1 heterocycles. The first-order valence-electron chi connectivity index (χ1n) is 6.83. The van der Waals surface area contributed by atoms with Crippen LogP contribution in [0.2, 0.25) is 0 Å². The van der Waals surface area contributed by atoms with Gasteiger partial charge < -0.3 is 15.7 Å². The first kappa shape index (κ1) is 17.1. The summed E-state index contributed by atoms with van der Waals surface area (Å²) in [5, 5.41) is 27.1. The van der Waals surface area contributed by atoms with Gasteiger partial charge in [0.05, 0.1) is 10.5 Å². The maximum absolute atomic E-state index is 11.1. The predicted octanol–water partition coefficient (Wildman–Crippen LogP) is 1.94. The van der Waals surface area contributed by atoms with Gasteiger partial charge in [-0.1, -0.05) is 13.8 Å². The van der Waals surface area contributed by atoms with Crippen LogP contribution in [0.25, 0.3) is 0 Å². The Morgan fingerprint density at radius 1 is 1.43 bits per heavy atom. The van der Waals surface area contributed by atoms with Crippen molar-refractivity contribution in [2.45, 2.75) is 39.7 Å². The van der Waals surface area contributed by atoms with E-state index < -0.39 is 10.5 Å². The van der Waals surface area contributed by atoms with Gasteiger partial charge in [0, 0.05) is 13.6 Å². The number of rotatable bonds is 7. The van der Waals surface area contributed by atoms with E-state index in [9.17, 15) is 15.2 Å². The molecule has 1 aromatic heterocycles.